The van der Waals surface area contributed by atoms with Crippen molar-refractivity contribution < 1.29 is 8.42 Å². The number of aryl methyl sites for hydroxylation is 5. The van der Waals surface area contributed by atoms with E-state index < -0.39 is 10.0 Å². The highest BCUT2D eigenvalue weighted by atomic mass is 32.2. The number of benzene rings is 3. The quantitative estimate of drug-likeness (QED) is 0.490. The molecule has 0 fully saturated rings. The maximum absolute atomic E-state index is 13.1. The number of hydrogen-bond donors (Lipinski definition) is 1. The highest BCUT2D eigenvalue weighted by molar-refractivity contribution is 7.92. The van der Waals surface area contributed by atoms with Crippen LogP contribution >= 0.6 is 0 Å². The average molecular weight is 448 g/mol. The molecule has 0 aliphatic carbocycles. The van der Waals surface area contributed by atoms with E-state index in [0.29, 0.717) is 44.8 Å². The SMILES string of the molecule is Cc1cc(C)c(S(=O)(=O)Nc2ccc(-n3c(C)nc4ccccc4c3=O)cc2C)c(C)c1. The Morgan fingerprint density at radius 3 is 2.16 bits per heavy atom. The number of sulfonamides is 1. The molecule has 0 unspecified atom stereocenters. The Labute approximate surface area is 187 Å². The summed E-state index contributed by atoms with van der Waals surface area (Å²) in [5.74, 6) is 0.562. The summed E-state index contributed by atoms with van der Waals surface area (Å²) in [5.41, 5.74) is 4.71. The van der Waals surface area contributed by atoms with Gasteiger partial charge in [-0.2, -0.15) is 0 Å². The zero-order valence-electron chi connectivity index (χ0n) is 18.7. The molecular formula is C25H25N3O3S. The first kappa shape index (κ1) is 21.8. The molecule has 0 bridgehead atoms. The van der Waals surface area contributed by atoms with Crippen LogP contribution in [0, 0.1) is 34.6 Å². The highest BCUT2D eigenvalue weighted by Crippen LogP contribution is 2.27. The van der Waals surface area contributed by atoms with Gasteiger partial charge in [-0.15, -0.1) is 0 Å². The number of hydrogen-bond acceptors (Lipinski definition) is 4. The lowest BCUT2D eigenvalue weighted by Crippen LogP contribution is -2.22. The van der Waals surface area contributed by atoms with Crippen LogP contribution in [0.5, 0.6) is 0 Å². The minimum Gasteiger partial charge on any atom is -0.279 e. The molecule has 0 aliphatic rings. The molecule has 6 nitrogen and oxygen atoms in total. The molecule has 1 N–H and O–H groups in total. The maximum Gasteiger partial charge on any atom is 0.265 e. The van der Waals surface area contributed by atoms with Gasteiger partial charge in [-0.25, -0.2) is 13.4 Å². The Morgan fingerprint density at radius 1 is 0.844 bits per heavy atom. The van der Waals surface area contributed by atoms with Crippen molar-refractivity contribution in [3.05, 3.63) is 93.0 Å². The van der Waals surface area contributed by atoms with Gasteiger partial charge in [0.25, 0.3) is 15.6 Å². The van der Waals surface area contributed by atoms with E-state index >= 15 is 0 Å². The van der Waals surface area contributed by atoms with Crippen molar-refractivity contribution in [1.82, 2.24) is 9.55 Å². The van der Waals surface area contributed by atoms with Crippen molar-refractivity contribution in [2.24, 2.45) is 0 Å². The van der Waals surface area contributed by atoms with Gasteiger partial charge >= 0.3 is 0 Å². The second kappa shape index (κ2) is 7.91. The third kappa shape index (κ3) is 3.80. The Kier molecular flexibility index (Phi) is 5.38. The first-order valence-electron chi connectivity index (χ1n) is 10.3. The molecule has 0 atom stereocenters. The van der Waals surface area contributed by atoms with E-state index in [1.54, 1.807) is 49.6 Å². The fraction of sp³-hybridized carbons (Fsp3) is 0.200. The van der Waals surface area contributed by atoms with E-state index in [1.165, 1.54) is 0 Å². The predicted molar refractivity (Wildman–Crippen MR) is 128 cm³/mol. The third-order valence-corrected chi connectivity index (χ3v) is 7.20. The van der Waals surface area contributed by atoms with Crippen LogP contribution in [0.4, 0.5) is 5.69 Å². The first-order valence-corrected chi connectivity index (χ1v) is 11.8. The molecule has 4 rings (SSSR count). The van der Waals surface area contributed by atoms with Crippen LogP contribution < -0.4 is 10.3 Å². The summed E-state index contributed by atoms with van der Waals surface area (Å²) in [4.78, 5) is 17.9. The molecule has 164 valence electrons. The normalized spacial score (nSPS) is 11.7. The summed E-state index contributed by atoms with van der Waals surface area (Å²) in [7, 11) is -3.77. The zero-order valence-corrected chi connectivity index (χ0v) is 19.5. The summed E-state index contributed by atoms with van der Waals surface area (Å²) in [5, 5.41) is 0.533. The van der Waals surface area contributed by atoms with Crippen LogP contribution in [0.15, 0.2) is 64.3 Å². The summed E-state index contributed by atoms with van der Waals surface area (Å²) < 4.78 is 30.5. The van der Waals surface area contributed by atoms with E-state index in [4.69, 9.17) is 0 Å². The van der Waals surface area contributed by atoms with E-state index in [-0.39, 0.29) is 10.5 Å². The minimum atomic E-state index is -3.77. The number of fused-ring (bicyclic) bond motifs is 1. The third-order valence-electron chi connectivity index (χ3n) is 5.53. The fourth-order valence-corrected chi connectivity index (χ4v) is 5.82. The Bertz CT molecular complexity index is 1510. The standard InChI is InChI=1S/C25H25N3O3S/c1-15-12-17(3)24(18(4)13-15)32(30,31)27-22-11-10-20(14-16(22)2)28-19(5)26-23-9-7-6-8-21(23)25(28)29/h6-14,27H,1-5H3. The number of para-hydroxylation sites is 1. The van der Waals surface area contributed by atoms with Gasteiger partial charge in [0.05, 0.1) is 27.2 Å². The molecule has 0 aliphatic heterocycles. The average Bonchev–Trinajstić information content (AvgIpc) is 2.69. The predicted octanol–water partition coefficient (Wildman–Crippen LogP) is 4.73. The number of aromatic nitrogens is 2. The number of rotatable bonds is 4. The van der Waals surface area contributed by atoms with Crippen LogP contribution in [0.3, 0.4) is 0 Å². The Balaban J connectivity index is 1.76. The van der Waals surface area contributed by atoms with Gasteiger partial charge in [0, 0.05) is 0 Å². The lowest BCUT2D eigenvalue weighted by atomic mass is 10.1. The fourth-order valence-electron chi connectivity index (χ4n) is 4.24. The van der Waals surface area contributed by atoms with Crippen molar-refractivity contribution in [3.8, 4) is 5.69 Å². The van der Waals surface area contributed by atoms with Crippen LogP contribution in [0.2, 0.25) is 0 Å². The van der Waals surface area contributed by atoms with Gasteiger partial charge in [-0.05, 0) is 81.6 Å². The lowest BCUT2D eigenvalue weighted by molar-refractivity contribution is 0.600. The largest absolute Gasteiger partial charge is 0.279 e. The smallest absolute Gasteiger partial charge is 0.265 e. The van der Waals surface area contributed by atoms with Gasteiger partial charge in [-0.1, -0.05) is 29.8 Å². The zero-order chi connectivity index (χ0) is 23.2. The molecule has 0 spiro atoms. The van der Waals surface area contributed by atoms with Crippen LogP contribution in [-0.4, -0.2) is 18.0 Å². The molecular weight excluding hydrogens is 422 g/mol. The van der Waals surface area contributed by atoms with Gasteiger partial charge in [0.2, 0.25) is 0 Å². The summed E-state index contributed by atoms with van der Waals surface area (Å²) in [6, 6.07) is 16.1. The minimum absolute atomic E-state index is 0.160. The summed E-state index contributed by atoms with van der Waals surface area (Å²) in [6.07, 6.45) is 0. The van der Waals surface area contributed by atoms with E-state index in [0.717, 1.165) is 5.56 Å². The molecule has 1 aromatic heterocycles. The molecule has 3 aromatic carbocycles. The molecule has 0 radical (unpaired) electrons. The van der Waals surface area contributed by atoms with Crippen LogP contribution in [0.1, 0.15) is 28.1 Å². The highest BCUT2D eigenvalue weighted by Gasteiger charge is 2.21. The van der Waals surface area contributed by atoms with Gasteiger partial charge in [0.15, 0.2) is 0 Å². The summed E-state index contributed by atoms with van der Waals surface area (Å²) in [6.45, 7) is 9.13. The topological polar surface area (TPSA) is 81.1 Å². The van der Waals surface area contributed by atoms with E-state index in [9.17, 15) is 13.2 Å². The lowest BCUT2D eigenvalue weighted by Gasteiger charge is -2.17. The van der Waals surface area contributed by atoms with Gasteiger partial charge in [-0.3, -0.25) is 14.1 Å². The molecule has 4 aromatic rings. The second-order valence-corrected chi connectivity index (χ2v) is 9.77. The van der Waals surface area contributed by atoms with Crippen molar-refractivity contribution in [3.63, 3.8) is 0 Å². The van der Waals surface area contributed by atoms with Gasteiger partial charge < -0.3 is 0 Å². The summed E-state index contributed by atoms with van der Waals surface area (Å²) >= 11 is 0. The number of nitrogens with one attached hydrogen (secondary N) is 1. The monoisotopic (exact) mass is 447 g/mol. The van der Waals surface area contributed by atoms with Gasteiger partial charge in [0.1, 0.15) is 5.82 Å². The first-order chi connectivity index (χ1) is 15.1. The molecule has 0 amide bonds. The van der Waals surface area contributed by atoms with Crippen molar-refractivity contribution in [2.75, 3.05) is 4.72 Å². The Morgan fingerprint density at radius 2 is 1.50 bits per heavy atom. The second-order valence-electron chi connectivity index (χ2n) is 8.15. The molecule has 1 heterocycles. The van der Waals surface area contributed by atoms with Crippen LogP contribution in [-0.2, 0) is 10.0 Å². The van der Waals surface area contributed by atoms with E-state index in [2.05, 4.69) is 9.71 Å². The molecule has 0 saturated carbocycles. The molecule has 0 saturated heterocycles. The van der Waals surface area contributed by atoms with Crippen molar-refractivity contribution in [1.29, 1.82) is 0 Å². The molecule has 7 heteroatoms. The number of nitrogens with zero attached hydrogens (tertiary/aromatic N) is 2. The molecule has 32 heavy (non-hydrogen) atoms. The van der Waals surface area contributed by atoms with Crippen molar-refractivity contribution in [2.45, 2.75) is 39.5 Å². The maximum atomic E-state index is 13.1. The number of anilines is 1. The van der Waals surface area contributed by atoms with E-state index in [1.807, 2.05) is 44.2 Å². The Hall–Kier alpha value is -3.45. The van der Waals surface area contributed by atoms with Crippen LogP contribution in [0.25, 0.3) is 16.6 Å². The van der Waals surface area contributed by atoms with Crippen molar-refractivity contribution >= 4 is 26.6 Å².